The molecule has 0 bridgehead atoms. The maximum absolute atomic E-state index is 5.21. The van der Waals surface area contributed by atoms with Crippen molar-refractivity contribution in [3.8, 4) is 0 Å². The van der Waals surface area contributed by atoms with Crippen LogP contribution in [0.1, 0.15) is 61.3 Å². The fourth-order valence-electron chi connectivity index (χ4n) is 5.66. The molecule has 5 heteroatoms. The van der Waals surface area contributed by atoms with Crippen LogP contribution in [0.3, 0.4) is 0 Å². The minimum Gasteiger partial charge on any atom is -0.326 e. The summed E-state index contributed by atoms with van der Waals surface area (Å²) in [6.07, 6.45) is 8.04. The Balaban J connectivity index is 1.49. The monoisotopic (exact) mass is 417 g/mol. The van der Waals surface area contributed by atoms with E-state index in [2.05, 4.69) is 65.7 Å². The molecule has 0 N–H and O–H groups in total. The molecule has 2 aromatic heterocycles. The summed E-state index contributed by atoms with van der Waals surface area (Å²) in [6, 6.07) is 13.6. The lowest BCUT2D eigenvalue weighted by molar-refractivity contribution is 0.102. The molecule has 0 spiro atoms. The highest BCUT2D eigenvalue weighted by Gasteiger charge is 2.34. The lowest BCUT2D eigenvalue weighted by Gasteiger charge is -2.40. The average Bonchev–Trinajstić information content (AvgIpc) is 3.14. The fourth-order valence-corrected chi connectivity index (χ4v) is 5.66. The van der Waals surface area contributed by atoms with Gasteiger partial charge in [-0.2, -0.15) is 0 Å². The SMILES string of the molecule is Cc1cccnc1[C@@H]1CCC[C@H](c2nc3ccccc3n2CC2CCN(C)CC2)N1C. The predicted octanol–water partition coefficient (Wildman–Crippen LogP) is 4.98. The molecule has 0 amide bonds. The van der Waals surface area contributed by atoms with E-state index in [9.17, 15) is 0 Å². The number of likely N-dealkylation sites (tertiary alicyclic amines) is 2. The first-order valence-corrected chi connectivity index (χ1v) is 11.9. The first-order valence-electron chi connectivity index (χ1n) is 11.9. The molecule has 2 saturated heterocycles. The molecule has 3 aromatic rings. The van der Waals surface area contributed by atoms with Gasteiger partial charge in [0.05, 0.1) is 28.8 Å². The number of aryl methyl sites for hydroxylation is 1. The quantitative estimate of drug-likeness (QED) is 0.600. The van der Waals surface area contributed by atoms with Gasteiger partial charge in [0, 0.05) is 12.7 Å². The Morgan fingerprint density at radius 3 is 2.52 bits per heavy atom. The van der Waals surface area contributed by atoms with Crippen molar-refractivity contribution >= 4 is 11.0 Å². The zero-order valence-electron chi connectivity index (χ0n) is 19.2. The van der Waals surface area contributed by atoms with E-state index in [1.807, 2.05) is 12.3 Å². The predicted molar refractivity (Wildman–Crippen MR) is 126 cm³/mol. The summed E-state index contributed by atoms with van der Waals surface area (Å²) in [6.45, 7) is 5.68. The van der Waals surface area contributed by atoms with Gasteiger partial charge in [0.1, 0.15) is 5.82 Å². The van der Waals surface area contributed by atoms with E-state index in [1.165, 1.54) is 61.4 Å². The largest absolute Gasteiger partial charge is 0.326 e. The van der Waals surface area contributed by atoms with Gasteiger partial charge >= 0.3 is 0 Å². The third kappa shape index (κ3) is 4.01. The number of benzene rings is 1. The van der Waals surface area contributed by atoms with Crippen molar-refractivity contribution in [1.29, 1.82) is 0 Å². The standard InChI is InChI=1S/C26H35N5/c1-19-8-7-15-27-25(19)23-11-6-12-24(30(23)3)26-28-21-9-4-5-10-22(21)31(26)18-20-13-16-29(2)17-14-20/h4-5,7-10,15,20,23-24H,6,11-14,16-18H2,1-3H3/t23-,24+/m0/s1. The third-order valence-corrected chi connectivity index (χ3v) is 7.56. The van der Waals surface area contributed by atoms with E-state index in [0.29, 0.717) is 12.1 Å². The number of nitrogens with zero attached hydrogens (tertiary/aromatic N) is 5. The second-order valence-corrected chi connectivity index (χ2v) is 9.65. The molecule has 0 saturated carbocycles. The maximum atomic E-state index is 5.21. The Hall–Kier alpha value is -2.24. The Bertz CT molecular complexity index is 1030. The normalized spacial score (nSPS) is 24.1. The van der Waals surface area contributed by atoms with E-state index in [0.717, 1.165) is 24.4 Å². The van der Waals surface area contributed by atoms with Crippen LogP contribution >= 0.6 is 0 Å². The lowest BCUT2D eigenvalue weighted by Crippen LogP contribution is -2.36. The zero-order valence-corrected chi connectivity index (χ0v) is 19.2. The molecule has 1 aromatic carbocycles. The van der Waals surface area contributed by atoms with Crippen LogP contribution in [0.4, 0.5) is 0 Å². The number of hydrogen-bond acceptors (Lipinski definition) is 4. The smallest absolute Gasteiger partial charge is 0.127 e. The van der Waals surface area contributed by atoms with Crippen molar-refractivity contribution in [2.75, 3.05) is 27.2 Å². The van der Waals surface area contributed by atoms with Gasteiger partial charge in [0.2, 0.25) is 0 Å². The number of pyridine rings is 1. The van der Waals surface area contributed by atoms with Crippen LogP contribution in [0.15, 0.2) is 42.6 Å². The van der Waals surface area contributed by atoms with Crippen LogP contribution in [0.5, 0.6) is 0 Å². The number of rotatable bonds is 4. The Labute approximate surface area is 186 Å². The van der Waals surface area contributed by atoms with Crippen LogP contribution in [-0.4, -0.2) is 51.5 Å². The lowest BCUT2D eigenvalue weighted by atomic mass is 9.91. The number of hydrogen-bond donors (Lipinski definition) is 0. The van der Waals surface area contributed by atoms with Crippen molar-refractivity contribution in [2.45, 2.75) is 57.7 Å². The second kappa shape index (κ2) is 8.71. The van der Waals surface area contributed by atoms with Crippen LogP contribution < -0.4 is 0 Å². The topological polar surface area (TPSA) is 37.2 Å². The zero-order chi connectivity index (χ0) is 21.4. The van der Waals surface area contributed by atoms with Crippen molar-refractivity contribution in [3.63, 3.8) is 0 Å². The summed E-state index contributed by atoms with van der Waals surface area (Å²) in [5.74, 6) is 1.98. The average molecular weight is 418 g/mol. The van der Waals surface area contributed by atoms with E-state index >= 15 is 0 Å². The van der Waals surface area contributed by atoms with E-state index in [1.54, 1.807) is 0 Å². The highest BCUT2D eigenvalue weighted by Crippen LogP contribution is 2.41. The minimum atomic E-state index is 0.332. The second-order valence-electron chi connectivity index (χ2n) is 9.65. The van der Waals surface area contributed by atoms with Crippen LogP contribution in [0, 0.1) is 12.8 Å². The van der Waals surface area contributed by atoms with E-state index in [-0.39, 0.29) is 0 Å². The van der Waals surface area contributed by atoms with E-state index in [4.69, 9.17) is 9.97 Å². The number of imidazole rings is 1. The molecule has 2 atom stereocenters. The van der Waals surface area contributed by atoms with Crippen molar-refractivity contribution in [3.05, 3.63) is 59.7 Å². The molecular formula is C26H35N5. The molecular weight excluding hydrogens is 382 g/mol. The summed E-state index contributed by atoms with van der Waals surface area (Å²) in [7, 11) is 4.52. The van der Waals surface area contributed by atoms with E-state index < -0.39 is 0 Å². The van der Waals surface area contributed by atoms with Crippen LogP contribution in [0.25, 0.3) is 11.0 Å². The molecule has 164 valence electrons. The van der Waals surface area contributed by atoms with Crippen molar-refractivity contribution in [2.24, 2.45) is 5.92 Å². The molecule has 4 heterocycles. The van der Waals surface area contributed by atoms with Gasteiger partial charge < -0.3 is 9.47 Å². The maximum Gasteiger partial charge on any atom is 0.127 e. The highest BCUT2D eigenvalue weighted by atomic mass is 15.2. The van der Waals surface area contributed by atoms with Crippen molar-refractivity contribution in [1.82, 2.24) is 24.3 Å². The van der Waals surface area contributed by atoms with Gasteiger partial charge in [-0.25, -0.2) is 4.98 Å². The van der Waals surface area contributed by atoms with Gasteiger partial charge in [-0.15, -0.1) is 0 Å². The Morgan fingerprint density at radius 1 is 0.935 bits per heavy atom. The molecule has 0 radical (unpaired) electrons. The van der Waals surface area contributed by atoms with Gasteiger partial charge in [-0.05, 0) is 95.9 Å². The summed E-state index contributed by atoms with van der Waals surface area (Å²) < 4.78 is 2.56. The molecule has 0 aliphatic carbocycles. The third-order valence-electron chi connectivity index (χ3n) is 7.56. The fraction of sp³-hybridized carbons (Fsp3) is 0.538. The van der Waals surface area contributed by atoms with Crippen LogP contribution in [-0.2, 0) is 6.54 Å². The Morgan fingerprint density at radius 2 is 1.71 bits per heavy atom. The summed E-state index contributed by atoms with van der Waals surface area (Å²) in [5, 5.41) is 0. The van der Waals surface area contributed by atoms with Crippen LogP contribution in [0.2, 0.25) is 0 Å². The Kier molecular flexibility index (Phi) is 5.81. The van der Waals surface area contributed by atoms with Gasteiger partial charge in [-0.3, -0.25) is 9.88 Å². The molecule has 5 rings (SSSR count). The van der Waals surface area contributed by atoms with Crippen molar-refractivity contribution < 1.29 is 0 Å². The summed E-state index contributed by atoms with van der Waals surface area (Å²) >= 11 is 0. The van der Waals surface area contributed by atoms with Gasteiger partial charge in [-0.1, -0.05) is 18.2 Å². The molecule has 0 unspecified atom stereocenters. The number of piperidine rings is 2. The molecule has 5 nitrogen and oxygen atoms in total. The molecule has 31 heavy (non-hydrogen) atoms. The molecule has 2 aliphatic heterocycles. The highest BCUT2D eigenvalue weighted by molar-refractivity contribution is 5.76. The summed E-state index contributed by atoms with van der Waals surface area (Å²) in [5.41, 5.74) is 4.95. The number of aromatic nitrogens is 3. The first-order chi connectivity index (χ1) is 15.1. The number of para-hydroxylation sites is 2. The van der Waals surface area contributed by atoms with Gasteiger partial charge in [0.25, 0.3) is 0 Å². The summed E-state index contributed by atoms with van der Waals surface area (Å²) in [4.78, 5) is 15.0. The first kappa shape index (κ1) is 20.7. The molecule has 2 aliphatic rings. The van der Waals surface area contributed by atoms with Gasteiger partial charge in [0.15, 0.2) is 0 Å². The number of fused-ring (bicyclic) bond motifs is 1. The molecule has 2 fully saturated rings. The minimum absolute atomic E-state index is 0.332.